The Bertz CT molecular complexity index is 490. The Morgan fingerprint density at radius 1 is 1.32 bits per heavy atom. The van der Waals surface area contributed by atoms with Crippen LogP contribution in [0, 0.1) is 4.77 Å². The van der Waals surface area contributed by atoms with Gasteiger partial charge in [-0.15, -0.1) is 0 Å². The van der Waals surface area contributed by atoms with Crippen LogP contribution in [-0.4, -0.2) is 56.0 Å². The predicted octanol–water partition coefficient (Wildman–Crippen LogP) is 1.94. The number of nitrogens with one attached hydrogen (secondary N) is 2. The average molecular weight is 349 g/mol. The van der Waals surface area contributed by atoms with Crippen LogP contribution in [0.5, 0.6) is 0 Å². The minimum absolute atomic E-state index is 0.194. The Kier molecular flexibility index (Phi) is 8.49. The van der Waals surface area contributed by atoms with Crippen molar-refractivity contribution in [3.8, 4) is 0 Å². The van der Waals surface area contributed by atoms with Crippen molar-refractivity contribution in [1.82, 2.24) is 20.1 Å². The van der Waals surface area contributed by atoms with E-state index in [4.69, 9.17) is 25.5 Å². The number of carbonyl (C=O) groups is 1. The average Bonchev–Trinajstić information content (AvgIpc) is 2.90. The van der Waals surface area contributed by atoms with E-state index in [0.717, 1.165) is 0 Å². The monoisotopic (exact) mass is 348 g/mol. The number of hydrogen-bond acceptors (Lipinski definition) is 6. The molecule has 0 spiro atoms. The Morgan fingerprint density at radius 3 is 2.36 bits per heavy atom. The van der Waals surface area contributed by atoms with Gasteiger partial charge < -0.3 is 18.6 Å². The molecule has 10 heteroatoms. The number of H-pyrrole nitrogens is 1. The molecule has 0 unspecified atom stereocenters. The summed E-state index contributed by atoms with van der Waals surface area (Å²) >= 11 is 4.91. The van der Waals surface area contributed by atoms with Crippen molar-refractivity contribution in [2.24, 2.45) is 0 Å². The van der Waals surface area contributed by atoms with Crippen molar-refractivity contribution in [2.45, 2.75) is 33.2 Å². The molecule has 0 atom stereocenters. The highest BCUT2D eigenvalue weighted by molar-refractivity contribution is 7.71. The fourth-order valence-electron chi connectivity index (χ4n) is 1.98. The van der Waals surface area contributed by atoms with E-state index in [1.807, 2.05) is 20.8 Å². The molecule has 0 aliphatic rings. The van der Waals surface area contributed by atoms with Crippen LogP contribution in [0.15, 0.2) is 6.33 Å². The van der Waals surface area contributed by atoms with Crippen molar-refractivity contribution in [3.63, 3.8) is 0 Å². The number of aromatic nitrogens is 3. The van der Waals surface area contributed by atoms with Crippen LogP contribution in [-0.2, 0) is 13.3 Å². The van der Waals surface area contributed by atoms with E-state index < -0.39 is 8.80 Å². The normalized spacial score (nSPS) is 11.6. The number of amides is 1. The van der Waals surface area contributed by atoms with E-state index >= 15 is 0 Å². The highest BCUT2D eigenvalue weighted by atomic mass is 32.1. The van der Waals surface area contributed by atoms with Crippen LogP contribution in [0.3, 0.4) is 0 Å². The van der Waals surface area contributed by atoms with Crippen molar-refractivity contribution in [2.75, 3.05) is 26.4 Å². The molecule has 1 rings (SSSR count). The van der Waals surface area contributed by atoms with Gasteiger partial charge in [0.1, 0.15) is 6.33 Å². The third-order valence-corrected chi connectivity index (χ3v) is 6.22. The summed E-state index contributed by atoms with van der Waals surface area (Å²) in [5.74, 6) is 0. The van der Waals surface area contributed by atoms with Crippen molar-refractivity contribution in [1.29, 1.82) is 0 Å². The van der Waals surface area contributed by atoms with Crippen LogP contribution in [0.1, 0.15) is 27.2 Å². The minimum Gasteiger partial charge on any atom is -0.374 e. The number of rotatable bonds is 10. The van der Waals surface area contributed by atoms with Gasteiger partial charge in [0.15, 0.2) is 0 Å². The van der Waals surface area contributed by atoms with E-state index in [9.17, 15) is 4.79 Å². The zero-order valence-electron chi connectivity index (χ0n) is 13.3. The van der Waals surface area contributed by atoms with Gasteiger partial charge in [0.05, 0.1) is 0 Å². The molecule has 126 valence electrons. The molecule has 0 saturated heterocycles. The van der Waals surface area contributed by atoms with E-state index in [1.54, 1.807) is 0 Å². The second-order valence-electron chi connectivity index (χ2n) is 4.32. The summed E-state index contributed by atoms with van der Waals surface area (Å²) < 4.78 is 18.6. The largest absolute Gasteiger partial charge is 0.500 e. The maximum Gasteiger partial charge on any atom is 0.500 e. The number of nitrogens with zero attached hydrogens (tertiary/aromatic N) is 2. The maximum atomic E-state index is 11.9. The third-order valence-electron chi connectivity index (χ3n) is 2.78. The quantitative estimate of drug-likeness (QED) is 0.381. The second-order valence-corrected chi connectivity index (χ2v) is 7.42. The summed E-state index contributed by atoms with van der Waals surface area (Å²) in [6.45, 7) is 7.86. The van der Waals surface area contributed by atoms with E-state index in [1.165, 1.54) is 11.0 Å². The van der Waals surface area contributed by atoms with Gasteiger partial charge in [-0.3, -0.25) is 5.10 Å². The molecule has 1 aromatic rings. The Labute approximate surface area is 136 Å². The molecule has 0 bridgehead atoms. The number of aromatic amines is 1. The molecular weight excluding hydrogens is 324 g/mol. The Hall–Kier alpha value is -1.07. The lowest BCUT2D eigenvalue weighted by molar-refractivity contribution is 0.0708. The predicted molar refractivity (Wildman–Crippen MR) is 86.3 cm³/mol. The van der Waals surface area contributed by atoms with Crippen LogP contribution >= 0.6 is 12.2 Å². The van der Waals surface area contributed by atoms with Gasteiger partial charge in [-0.05, 0) is 39.4 Å². The van der Waals surface area contributed by atoms with E-state index in [2.05, 4.69) is 15.4 Å². The van der Waals surface area contributed by atoms with E-state index in [-0.39, 0.29) is 10.8 Å². The first-order valence-electron chi connectivity index (χ1n) is 7.41. The van der Waals surface area contributed by atoms with Crippen LogP contribution in [0.25, 0.3) is 0 Å². The molecule has 0 saturated carbocycles. The van der Waals surface area contributed by atoms with Crippen molar-refractivity contribution in [3.05, 3.63) is 11.1 Å². The minimum atomic E-state index is -2.64. The molecule has 1 heterocycles. The first-order valence-corrected chi connectivity index (χ1v) is 9.75. The van der Waals surface area contributed by atoms with Gasteiger partial charge in [-0.1, -0.05) is 0 Å². The first kappa shape index (κ1) is 19.0. The molecule has 8 nitrogen and oxygen atoms in total. The fourth-order valence-corrected chi connectivity index (χ4v) is 4.78. The summed E-state index contributed by atoms with van der Waals surface area (Å²) in [6, 6.07) is 0.316. The lowest BCUT2D eigenvalue weighted by atomic mass is 10.5. The highest BCUT2D eigenvalue weighted by Crippen LogP contribution is 2.17. The van der Waals surface area contributed by atoms with Gasteiger partial charge >= 0.3 is 14.8 Å². The summed E-state index contributed by atoms with van der Waals surface area (Å²) in [5, 5.41) is 5.41. The van der Waals surface area contributed by atoms with Gasteiger partial charge in [-0.25, -0.2) is 9.78 Å². The van der Waals surface area contributed by atoms with Crippen LogP contribution in [0.4, 0.5) is 4.79 Å². The molecule has 22 heavy (non-hydrogen) atoms. The highest BCUT2D eigenvalue weighted by Gasteiger charge is 2.39. The molecule has 1 amide bonds. The van der Waals surface area contributed by atoms with Crippen molar-refractivity contribution >= 4 is 27.1 Å². The Balaban J connectivity index is 2.46. The molecule has 2 N–H and O–H groups in total. The Morgan fingerprint density at radius 2 is 1.91 bits per heavy atom. The SMILES string of the molecule is CCO[Si](CCCNC(=O)n1[nH]cnc1=S)(OCC)OCC. The second kappa shape index (κ2) is 9.85. The smallest absolute Gasteiger partial charge is 0.374 e. The number of carbonyl (C=O) groups excluding carboxylic acids is 1. The third kappa shape index (κ3) is 5.61. The summed E-state index contributed by atoms with van der Waals surface area (Å²) in [4.78, 5) is 15.6. The summed E-state index contributed by atoms with van der Waals surface area (Å²) in [7, 11) is -2.64. The molecule has 0 aliphatic carbocycles. The van der Waals surface area contributed by atoms with Gasteiger partial charge in [0.25, 0.3) is 0 Å². The first-order chi connectivity index (χ1) is 10.6. The molecule has 0 fully saturated rings. The molecule has 0 aromatic carbocycles. The zero-order chi connectivity index (χ0) is 16.4. The molecule has 0 aliphatic heterocycles. The van der Waals surface area contributed by atoms with Crippen molar-refractivity contribution < 1.29 is 18.1 Å². The van der Waals surface area contributed by atoms with Crippen LogP contribution < -0.4 is 5.32 Å². The molecular formula is C12H24N4O4SSi. The summed E-state index contributed by atoms with van der Waals surface area (Å²) in [5.41, 5.74) is 0. The van der Waals surface area contributed by atoms with Gasteiger partial charge in [0.2, 0.25) is 4.77 Å². The van der Waals surface area contributed by atoms with Gasteiger partial charge in [-0.2, -0.15) is 4.68 Å². The number of hydrogen-bond donors (Lipinski definition) is 2. The molecule has 1 aromatic heterocycles. The standard InChI is InChI=1S/C12H24N4O4SSi/c1-4-18-22(19-5-2,20-6-3)9-7-8-13-11(17)16-12(21)14-10-15-16/h10H,4-9H2,1-3H3,(H,13,17)(H,14,15,21). The lowest BCUT2D eigenvalue weighted by Crippen LogP contribution is -2.46. The summed E-state index contributed by atoms with van der Waals surface area (Å²) in [6.07, 6.45) is 2.07. The van der Waals surface area contributed by atoms with Gasteiger partial charge in [0, 0.05) is 32.4 Å². The van der Waals surface area contributed by atoms with E-state index in [0.29, 0.717) is 38.8 Å². The molecule has 0 radical (unpaired) electrons. The van der Waals surface area contributed by atoms with Crippen LogP contribution in [0.2, 0.25) is 6.04 Å². The maximum absolute atomic E-state index is 11.9. The zero-order valence-corrected chi connectivity index (χ0v) is 15.1. The lowest BCUT2D eigenvalue weighted by Gasteiger charge is -2.28. The topological polar surface area (TPSA) is 90.4 Å². The fraction of sp³-hybridized carbons (Fsp3) is 0.750.